The van der Waals surface area contributed by atoms with Gasteiger partial charge in [0, 0.05) is 17.4 Å². The van der Waals surface area contributed by atoms with Crippen LogP contribution < -0.4 is 4.74 Å². The Bertz CT molecular complexity index is 945. The average Bonchev–Trinajstić information content (AvgIpc) is 2.78. The SMILES string of the molecule is C[C@@H]1C[C@@H](C)C[N+](Cc2ccccc2)(C[C@@H](O)COc2ccc(-c3ccccc3)cc2)C1. The van der Waals surface area contributed by atoms with Crippen LogP contribution in [0, 0.1) is 11.8 Å². The molecule has 0 radical (unpaired) electrons. The Kier molecular flexibility index (Phi) is 7.29. The fourth-order valence-corrected chi connectivity index (χ4v) is 5.61. The van der Waals surface area contributed by atoms with Crippen LogP contribution in [0.4, 0.5) is 0 Å². The van der Waals surface area contributed by atoms with Crippen molar-refractivity contribution < 1.29 is 14.3 Å². The van der Waals surface area contributed by atoms with Crippen LogP contribution >= 0.6 is 0 Å². The van der Waals surface area contributed by atoms with E-state index in [0.717, 1.165) is 36.4 Å². The molecular formula is C29H36NO2+. The Morgan fingerprint density at radius 2 is 1.38 bits per heavy atom. The molecule has 3 aromatic rings. The molecule has 1 aliphatic heterocycles. The third-order valence-corrected chi connectivity index (χ3v) is 6.57. The van der Waals surface area contributed by atoms with Gasteiger partial charge in [0.25, 0.3) is 0 Å². The highest BCUT2D eigenvalue weighted by atomic mass is 16.5. The minimum absolute atomic E-state index is 0.322. The van der Waals surface area contributed by atoms with Crippen molar-refractivity contribution >= 4 is 0 Å². The molecule has 4 rings (SSSR count). The first-order valence-electron chi connectivity index (χ1n) is 11.9. The van der Waals surface area contributed by atoms with Gasteiger partial charge in [-0.15, -0.1) is 0 Å². The molecule has 1 saturated heterocycles. The molecule has 0 spiro atoms. The largest absolute Gasteiger partial charge is 0.491 e. The quantitative estimate of drug-likeness (QED) is 0.459. The standard InChI is InChI=1S/C29H36NO2/c1-23-17-24(2)19-30(18-23,20-25-9-5-3-6-10-25)21-28(31)22-32-29-15-13-27(14-16-29)26-11-7-4-8-12-26/h3-16,23-24,28,31H,17-22H2,1-2H3/q+1/t23-,24-,28-/m1/s1. The lowest BCUT2D eigenvalue weighted by Gasteiger charge is -2.47. The van der Waals surface area contributed by atoms with Gasteiger partial charge in [-0.25, -0.2) is 0 Å². The highest BCUT2D eigenvalue weighted by Crippen LogP contribution is 2.30. The third-order valence-electron chi connectivity index (χ3n) is 6.57. The van der Waals surface area contributed by atoms with E-state index >= 15 is 0 Å². The van der Waals surface area contributed by atoms with Crippen LogP contribution in [0.5, 0.6) is 5.75 Å². The van der Waals surface area contributed by atoms with E-state index in [9.17, 15) is 5.11 Å². The summed E-state index contributed by atoms with van der Waals surface area (Å²) in [6.45, 7) is 8.95. The molecule has 168 valence electrons. The van der Waals surface area contributed by atoms with Crippen molar-refractivity contribution in [1.29, 1.82) is 0 Å². The summed E-state index contributed by atoms with van der Waals surface area (Å²) in [6.07, 6.45) is 0.778. The van der Waals surface area contributed by atoms with Crippen LogP contribution in [0.3, 0.4) is 0 Å². The van der Waals surface area contributed by atoms with Gasteiger partial charge in [0.15, 0.2) is 0 Å². The Balaban J connectivity index is 1.39. The summed E-state index contributed by atoms with van der Waals surface area (Å²) >= 11 is 0. The van der Waals surface area contributed by atoms with Gasteiger partial charge < -0.3 is 14.3 Å². The number of hydrogen-bond donors (Lipinski definition) is 1. The minimum Gasteiger partial charge on any atom is -0.491 e. The first kappa shape index (κ1) is 22.6. The fourth-order valence-electron chi connectivity index (χ4n) is 5.61. The molecule has 0 aromatic heterocycles. The van der Waals surface area contributed by atoms with E-state index in [0.29, 0.717) is 18.4 Å². The maximum atomic E-state index is 11.0. The van der Waals surface area contributed by atoms with Gasteiger partial charge in [0.05, 0.1) is 13.1 Å². The first-order valence-corrected chi connectivity index (χ1v) is 11.9. The molecule has 3 nitrogen and oxygen atoms in total. The second kappa shape index (κ2) is 10.3. The number of benzene rings is 3. The predicted octanol–water partition coefficient (Wildman–Crippen LogP) is 5.79. The van der Waals surface area contributed by atoms with Crippen molar-refractivity contribution in [2.24, 2.45) is 11.8 Å². The summed E-state index contributed by atoms with van der Waals surface area (Å²) in [7, 11) is 0. The lowest BCUT2D eigenvalue weighted by Crippen LogP contribution is -2.59. The zero-order chi connectivity index (χ0) is 22.4. The second-order valence-corrected chi connectivity index (χ2v) is 9.83. The van der Waals surface area contributed by atoms with E-state index in [2.05, 4.69) is 68.4 Å². The number of piperidine rings is 1. The first-order chi connectivity index (χ1) is 15.5. The maximum absolute atomic E-state index is 11.0. The van der Waals surface area contributed by atoms with Crippen LogP contribution in [-0.2, 0) is 6.54 Å². The fraction of sp³-hybridized carbons (Fsp3) is 0.379. The molecule has 0 amide bonds. The number of aliphatic hydroxyl groups excluding tert-OH is 1. The van der Waals surface area contributed by atoms with Crippen LogP contribution in [0.2, 0.25) is 0 Å². The van der Waals surface area contributed by atoms with Gasteiger partial charge in [-0.3, -0.25) is 0 Å². The van der Waals surface area contributed by atoms with E-state index in [1.54, 1.807) is 0 Å². The van der Waals surface area contributed by atoms with Crippen molar-refractivity contribution in [2.45, 2.75) is 32.9 Å². The van der Waals surface area contributed by atoms with Crippen LogP contribution in [0.25, 0.3) is 11.1 Å². The highest BCUT2D eigenvalue weighted by Gasteiger charge is 2.38. The predicted molar refractivity (Wildman–Crippen MR) is 131 cm³/mol. The monoisotopic (exact) mass is 430 g/mol. The van der Waals surface area contributed by atoms with E-state index in [1.807, 2.05) is 30.3 Å². The normalized spacial score (nSPS) is 24.1. The van der Waals surface area contributed by atoms with E-state index in [1.165, 1.54) is 23.1 Å². The molecule has 0 bridgehead atoms. The average molecular weight is 431 g/mol. The van der Waals surface area contributed by atoms with Crippen LogP contribution in [0.1, 0.15) is 25.8 Å². The molecule has 0 unspecified atom stereocenters. The molecular weight excluding hydrogens is 394 g/mol. The molecule has 3 atom stereocenters. The van der Waals surface area contributed by atoms with Gasteiger partial charge in [-0.05, 0) is 29.7 Å². The molecule has 0 aliphatic carbocycles. The summed E-state index contributed by atoms with van der Waals surface area (Å²) in [5, 5.41) is 11.0. The van der Waals surface area contributed by atoms with Crippen LogP contribution in [-0.4, -0.2) is 41.9 Å². The molecule has 0 saturated carbocycles. The molecule has 3 aromatic carbocycles. The molecule has 32 heavy (non-hydrogen) atoms. The zero-order valence-corrected chi connectivity index (χ0v) is 19.4. The van der Waals surface area contributed by atoms with Gasteiger partial charge >= 0.3 is 0 Å². The maximum Gasteiger partial charge on any atom is 0.137 e. The minimum atomic E-state index is -0.495. The van der Waals surface area contributed by atoms with Crippen LogP contribution in [0.15, 0.2) is 84.9 Å². The number of nitrogens with zero attached hydrogens (tertiary/aromatic N) is 1. The topological polar surface area (TPSA) is 29.5 Å². The van der Waals surface area contributed by atoms with Crippen molar-refractivity contribution in [1.82, 2.24) is 0 Å². The van der Waals surface area contributed by atoms with Gasteiger partial charge in [0.1, 0.15) is 31.5 Å². The van der Waals surface area contributed by atoms with Crippen molar-refractivity contribution in [3.63, 3.8) is 0 Å². The Morgan fingerprint density at radius 1 is 0.812 bits per heavy atom. The van der Waals surface area contributed by atoms with Crippen molar-refractivity contribution in [3.05, 3.63) is 90.5 Å². The molecule has 1 fully saturated rings. The number of likely N-dealkylation sites (tertiary alicyclic amines) is 1. The molecule has 3 heteroatoms. The van der Waals surface area contributed by atoms with Gasteiger partial charge in [0.2, 0.25) is 0 Å². The van der Waals surface area contributed by atoms with Crippen molar-refractivity contribution in [3.8, 4) is 16.9 Å². The van der Waals surface area contributed by atoms with Gasteiger partial charge in [-0.2, -0.15) is 0 Å². The summed E-state index contributed by atoms with van der Waals surface area (Å²) in [5.74, 6) is 2.14. The summed E-state index contributed by atoms with van der Waals surface area (Å²) in [4.78, 5) is 0. The molecule has 1 heterocycles. The molecule has 1 aliphatic rings. The lowest BCUT2D eigenvalue weighted by atomic mass is 9.88. The van der Waals surface area contributed by atoms with E-state index in [4.69, 9.17) is 4.74 Å². The zero-order valence-electron chi connectivity index (χ0n) is 19.4. The lowest BCUT2D eigenvalue weighted by molar-refractivity contribution is -0.954. The number of ether oxygens (including phenoxy) is 1. The number of hydrogen-bond acceptors (Lipinski definition) is 2. The summed E-state index contributed by atoms with van der Waals surface area (Å²) in [6, 6.07) is 29.2. The molecule has 1 N–H and O–H groups in total. The summed E-state index contributed by atoms with van der Waals surface area (Å²) in [5.41, 5.74) is 3.71. The smallest absolute Gasteiger partial charge is 0.137 e. The summed E-state index contributed by atoms with van der Waals surface area (Å²) < 4.78 is 6.92. The number of aliphatic hydroxyl groups is 1. The number of quaternary nitrogens is 1. The van der Waals surface area contributed by atoms with E-state index in [-0.39, 0.29) is 0 Å². The van der Waals surface area contributed by atoms with Gasteiger partial charge in [-0.1, -0.05) is 86.6 Å². The van der Waals surface area contributed by atoms with Crippen molar-refractivity contribution in [2.75, 3.05) is 26.2 Å². The Hall–Kier alpha value is -2.62. The second-order valence-electron chi connectivity index (χ2n) is 9.83. The Morgan fingerprint density at radius 3 is 2.00 bits per heavy atom. The highest BCUT2D eigenvalue weighted by molar-refractivity contribution is 5.63. The Labute approximate surface area is 192 Å². The third kappa shape index (κ3) is 5.99. The van der Waals surface area contributed by atoms with E-state index < -0.39 is 6.10 Å². The number of rotatable bonds is 8.